The summed E-state index contributed by atoms with van der Waals surface area (Å²) in [7, 11) is 1.59. The topological polar surface area (TPSA) is 49.9 Å². The number of likely N-dealkylation sites (tertiary alicyclic amines) is 1. The minimum atomic E-state index is -0.528. The third-order valence-corrected chi connectivity index (χ3v) is 2.79. The lowest BCUT2D eigenvalue weighted by Crippen LogP contribution is -2.44. The van der Waals surface area contributed by atoms with Gasteiger partial charge in [-0.3, -0.25) is 4.79 Å². The molecular weight excluding hydrogens is 232 g/mol. The van der Waals surface area contributed by atoms with Crippen LogP contribution in [0.25, 0.3) is 0 Å². The van der Waals surface area contributed by atoms with Gasteiger partial charge in [-0.25, -0.2) is 4.79 Å². The van der Waals surface area contributed by atoms with Crippen molar-refractivity contribution < 1.29 is 14.3 Å². The van der Waals surface area contributed by atoms with Crippen molar-refractivity contribution in [1.29, 1.82) is 0 Å². The highest BCUT2D eigenvalue weighted by Gasteiger charge is 2.23. The summed E-state index contributed by atoms with van der Waals surface area (Å²) in [6.45, 7) is 7.14. The first-order valence-corrected chi connectivity index (χ1v) is 6.51. The molecule has 2 amide bonds. The van der Waals surface area contributed by atoms with Crippen molar-refractivity contribution in [2.45, 2.75) is 45.6 Å². The van der Waals surface area contributed by atoms with Crippen molar-refractivity contribution in [3.63, 3.8) is 0 Å². The lowest BCUT2D eigenvalue weighted by atomic mass is 10.1. The molecule has 0 atom stereocenters. The van der Waals surface area contributed by atoms with Gasteiger partial charge < -0.3 is 14.5 Å². The molecule has 1 saturated heterocycles. The Balaban J connectivity index is 2.41. The highest BCUT2D eigenvalue weighted by Crippen LogP contribution is 2.11. The minimum Gasteiger partial charge on any atom is -0.444 e. The van der Waals surface area contributed by atoms with Crippen molar-refractivity contribution >= 4 is 12.0 Å². The number of carbonyl (C=O) groups is 2. The van der Waals surface area contributed by atoms with Gasteiger partial charge in [-0.2, -0.15) is 0 Å². The number of nitrogens with zero attached hydrogens (tertiary/aromatic N) is 2. The Hall–Kier alpha value is -1.26. The van der Waals surface area contributed by atoms with E-state index < -0.39 is 11.7 Å². The molecule has 1 fully saturated rings. The number of ether oxygens (including phenoxy) is 1. The maximum atomic E-state index is 12.0. The fourth-order valence-electron chi connectivity index (χ4n) is 1.85. The van der Waals surface area contributed by atoms with Gasteiger partial charge in [0.05, 0.1) is 0 Å². The molecule has 1 aliphatic heterocycles. The Bertz CT molecular complexity index is 304. The summed E-state index contributed by atoms with van der Waals surface area (Å²) in [5.41, 5.74) is -0.528. The average Bonchev–Trinajstić information content (AvgIpc) is 2.27. The van der Waals surface area contributed by atoms with Crippen molar-refractivity contribution in [3.8, 4) is 0 Å². The third kappa shape index (κ3) is 4.94. The van der Waals surface area contributed by atoms with Crippen LogP contribution in [0, 0.1) is 0 Å². The van der Waals surface area contributed by atoms with E-state index in [9.17, 15) is 9.59 Å². The molecule has 0 aromatic heterocycles. The average molecular weight is 256 g/mol. The van der Waals surface area contributed by atoms with E-state index in [-0.39, 0.29) is 12.5 Å². The number of piperidine rings is 1. The fourth-order valence-corrected chi connectivity index (χ4v) is 1.85. The predicted molar refractivity (Wildman–Crippen MR) is 69.3 cm³/mol. The van der Waals surface area contributed by atoms with Crippen molar-refractivity contribution in [3.05, 3.63) is 0 Å². The number of carbonyl (C=O) groups excluding carboxylic acids is 2. The predicted octanol–water partition coefficient (Wildman–Crippen LogP) is 1.87. The molecule has 5 nitrogen and oxygen atoms in total. The zero-order valence-electron chi connectivity index (χ0n) is 11.9. The lowest BCUT2D eigenvalue weighted by Gasteiger charge is -2.29. The van der Waals surface area contributed by atoms with Gasteiger partial charge in [0.15, 0.2) is 0 Å². The first kappa shape index (κ1) is 14.8. The van der Waals surface area contributed by atoms with Crippen LogP contribution in [0.3, 0.4) is 0 Å². The Kier molecular flexibility index (Phi) is 4.99. The quantitative estimate of drug-likeness (QED) is 0.758. The van der Waals surface area contributed by atoms with Crippen LogP contribution < -0.4 is 0 Å². The minimum absolute atomic E-state index is 0.00283. The van der Waals surface area contributed by atoms with E-state index in [1.54, 1.807) is 7.05 Å². The molecule has 104 valence electrons. The van der Waals surface area contributed by atoms with Gasteiger partial charge in [-0.15, -0.1) is 0 Å². The summed E-state index contributed by atoms with van der Waals surface area (Å²) in [6.07, 6.45) is 2.85. The van der Waals surface area contributed by atoms with E-state index in [2.05, 4.69) is 0 Å². The summed E-state index contributed by atoms with van der Waals surface area (Å²) in [5.74, 6) is 0.00283. The van der Waals surface area contributed by atoms with Crippen molar-refractivity contribution in [1.82, 2.24) is 9.80 Å². The Morgan fingerprint density at radius 3 is 2.22 bits per heavy atom. The number of hydrogen-bond donors (Lipinski definition) is 0. The zero-order chi connectivity index (χ0) is 13.8. The second-order valence-corrected chi connectivity index (χ2v) is 5.78. The summed E-state index contributed by atoms with van der Waals surface area (Å²) in [4.78, 5) is 26.8. The normalized spacial score (nSPS) is 16.3. The molecule has 0 N–H and O–H groups in total. The summed E-state index contributed by atoms with van der Waals surface area (Å²) in [6, 6.07) is 0. The molecule has 0 radical (unpaired) electrons. The van der Waals surface area contributed by atoms with Gasteiger partial charge >= 0.3 is 6.09 Å². The van der Waals surface area contributed by atoms with Crippen molar-refractivity contribution in [2.24, 2.45) is 0 Å². The van der Waals surface area contributed by atoms with Crippen LogP contribution in [-0.4, -0.2) is 54.1 Å². The molecule has 0 aromatic carbocycles. The monoisotopic (exact) mass is 256 g/mol. The van der Waals surface area contributed by atoms with E-state index in [0.29, 0.717) is 0 Å². The zero-order valence-corrected chi connectivity index (χ0v) is 11.9. The van der Waals surface area contributed by atoms with Gasteiger partial charge in [0.25, 0.3) is 0 Å². The van der Waals surface area contributed by atoms with Gasteiger partial charge in [0.1, 0.15) is 12.1 Å². The number of hydrogen-bond acceptors (Lipinski definition) is 3. The molecule has 0 spiro atoms. The largest absolute Gasteiger partial charge is 0.444 e. The van der Waals surface area contributed by atoms with Gasteiger partial charge in [-0.05, 0) is 40.0 Å². The molecule has 0 saturated carbocycles. The van der Waals surface area contributed by atoms with Gasteiger partial charge in [-0.1, -0.05) is 0 Å². The fraction of sp³-hybridized carbons (Fsp3) is 0.846. The molecule has 0 unspecified atom stereocenters. The molecular formula is C13H24N2O3. The molecule has 18 heavy (non-hydrogen) atoms. The highest BCUT2D eigenvalue weighted by atomic mass is 16.6. The molecule has 1 rings (SSSR count). The Morgan fingerprint density at radius 2 is 1.72 bits per heavy atom. The molecule has 1 aliphatic rings. The summed E-state index contributed by atoms with van der Waals surface area (Å²) < 4.78 is 5.20. The SMILES string of the molecule is CN(CC(=O)N1CCCCC1)C(=O)OC(C)(C)C. The van der Waals surface area contributed by atoms with E-state index >= 15 is 0 Å². The van der Waals surface area contributed by atoms with Crippen LogP contribution in [0.1, 0.15) is 40.0 Å². The summed E-state index contributed by atoms with van der Waals surface area (Å²) >= 11 is 0. The van der Waals surface area contributed by atoms with Gasteiger partial charge in [0, 0.05) is 20.1 Å². The van der Waals surface area contributed by atoms with Crippen LogP contribution in [0.4, 0.5) is 4.79 Å². The van der Waals surface area contributed by atoms with E-state index in [0.717, 1.165) is 25.9 Å². The lowest BCUT2D eigenvalue weighted by molar-refractivity contribution is -0.133. The molecule has 0 aromatic rings. The van der Waals surface area contributed by atoms with E-state index in [1.165, 1.54) is 11.3 Å². The number of amides is 2. The van der Waals surface area contributed by atoms with Crippen LogP contribution in [0.5, 0.6) is 0 Å². The van der Waals surface area contributed by atoms with E-state index in [1.807, 2.05) is 25.7 Å². The molecule has 5 heteroatoms. The van der Waals surface area contributed by atoms with E-state index in [4.69, 9.17) is 4.74 Å². The summed E-state index contributed by atoms with van der Waals surface area (Å²) in [5, 5.41) is 0. The van der Waals surface area contributed by atoms with Crippen molar-refractivity contribution in [2.75, 3.05) is 26.7 Å². The van der Waals surface area contributed by atoms with Crippen LogP contribution >= 0.6 is 0 Å². The molecule has 1 heterocycles. The van der Waals surface area contributed by atoms with Crippen LogP contribution in [-0.2, 0) is 9.53 Å². The second-order valence-electron chi connectivity index (χ2n) is 5.78. The standard InChI is InChI=1S/C13H24N2O3/c1-13(2,3)18-12(17)14(4)10-11(16)15-8-6-5-7-9-15/h5-10H2,1-4H3. The Morgan fingerprint density at radius 1 is 1.17 bits per heavy atom. The highest BCUT2D eigenvalue weighted by molar-refractivity contribution is 5.82. The third-order valence-electron chi connectivity index (χ3n) is 2.79. The molecule has 0 aliphatic carbocycles. The number of rotatable bonds is 2. The first-order valence-electron chi connectivity index (χ1n) is 6.51. The van der Waals surface area contributed by atoms with Crippen LogP contribution in [0.15, 0.2) is 0 Å². The number of likely N-dealkylation sites (N-methyl/N-ethyl adjacent to an activating group) is 1. The maximum Gasteiger partial charge on any atom is 0.410 e. The molecule has 0 bridgehead atoms. The first-order chi connectivity index (χ1) is 8.29. The van der Waals surface area contributed by atoms with Crippen LogP contribution in [0.2, 0.25) is 0 Å². The van der Waals surface area contributed by atoms with Gasteiger partial charge in [0.2, 0.25) is 5.91 Å². The maximum absolute atomic E-state index is 12.0. The smallest absolute Gasteiger partial charge is 0.410 e. The Labute approximate surface area is 109 Å². The second kappa shape index (κ2) is 6.07.